The van der Waals surface area contributed by atoms with E-state index in [9.17, 15) is 0 Å². The predicted octanol–water partition coefficient (Wildman–Crippen LogP) is 2.42. The summed E-state index contributed by atoms with van der Waals surface area (Å²) in [7, 11) is 0. The standard InChI is InChI=1S/C16H24N4/c1-2-4-12(3-1)15-14(20-9-7-17-8-10-20)11-18-16(19-15)13-5-6-13/h11-13,17H,1-10H2. The first-order chi connectivity index (χ1) is 9.92. The summed E-state index contributed by atoms with van der Waals surface area (Å²) in [6.07, 6.45) is 10.1. The van der Waals surface area contributed by atoms with Gasteiger partial charge in [-0.2, -0.15) is 0 Å². The van der Waals surface area contributed by atoms with Crippen LogP contribution in [0, 0.1) is 0 Å². The highest BCUT2D eigenvalue weighted by Gasteiger charge is 2.30. The molecule has 1 aliphatic heterocycles. The summed E-state index contributed by atoms with van der Waals surface area (Å²) in [5, 5.41) is 3.43. The maximum Gasteiger partial charge on any atom is 0.131 e. The maximum absolute atomic E-state index is 5.02. The fourth-order valence-electron chi connectivity index (χ4n) is 3.59. The predicted molar refractivity (Wildman–Crippen MR) is 80.3 cm³/mol. The summed E-state index contributed by atoms with van der Waals surface area (Å²) in [6.45, 7) is 4.33. The number of aromatic nitrogens is 2. The Morgan fingerprint density at radius 3 is 2.45 bits per heavy atom. The molecule has 0 aromatic carbocycles. The molecule has 4 heteroatoms. The van der Waals surface area contributed by atoms with Crippen LogP contribution >= 0.6 is 0 Å². The summed E-state index contributed by atoms with van der Waals surface area (Å²) < 4.78 is 0. The molecule has 1 saturated heterocycles. The lowest BCUT2D eigenvalue weighted by Crippen LogP contribution is -2.44. The number of nitrogens with zero attached hydrogens (tertiary/aromatic N) is 3. The van der Waals surface area contributed by atoms with E-state index >= 15 is 0 Å². The highest BCUT2D eigenvalue weighted by atomic mass is 15.2. The first kappa shape index (κ1) is 12.6. The molecule has 2 saturated carbocycles. The van der Waals surface area contributed by atoms with E-state index in [1.165, 1.54) is 49.9 Å². The smallest absolute Gasteiger partial charge is 0.131 e. The summed E-state index contributed by atoms with van der Waals surface area (Å²) >= 11 is 0. The number of rotatable bonds is 3. The van der Waals surface area contributed by atoms with Gasteiger partial charge in [0.05, 0.1) is 17.6 Å². The molecule has 1 N–H and O–H groups in total. The Hall–Kier alpha value is -1.16. The number of piperazine rings is 1. The van der Waals surface area contributed by atoms with E-state index in [0.29, 0.717) is 11.8 Å². The van der Waals surface area contributed by atoms with Gasteiger partial charge in [-0.1, -0.05) is 12.8 Å². The third-order valence-electron chi connectivity index (χ3n) is 4.96. The average molecular weight is 272 g/mol. The van der Waals surface area contributed by atoms with Gasteiger partial charge in [0.25, 0.3) is 0 Å². The van der Waals surface area contributed by atoms with Crippen molar-refractivity contribution in [2.45, 2.75) is 50.4 Å². The van der Waals surface area contributed by atoms with Gasteiger partial charge in [-0.25, -0.2) is 9.97 Å². The first-order valence-corrected chi connectivity index (χ1v) is 8.24. The lowest BCUT2D eigenvalue weighted by atomic mass is 10.0. The molecule has 4 rings (SSSR count). The second kappa shape index (κ2) is 5.32. The Labute approximate surface area is 121 Å². The molecule has 0 unspecified atom stereocenters. The Morgan fingerprint density at radius 2 is 1.75 bits per heavy atom. The summed E-state index contributed by atoms with van der Waals surface area (Å²) in [5.41, 5.74) is 2.68. The number of hydrogen-bond acceptors (Lipinski definition) is 4. The van der Waals surface area contributed by atoms with Crippen LogP contribution in [0.1, 0.15) is 61.9 Å². The molecular formula is C16H24N4. The van der Waals surface area contributed by atoms with Gasteiger partial charge in [0.15, 0.2) is 0 Å². The molecule has 0 spiro atoms. The minimum Gasteiger partial charge on any atom is -0.366 e. The van der Waals surface area contributed by atoms with E-state index in [-0.39, 0.29) is 0 Å². The first-order valence-electron chi connectivity index (χ1n) is 8.24. The number of nitrogens with one attached hydrogen (secondary N) is 1. The van der Waals surface area contributed by atoms with Crippen LogP contribution < -0.4 is 10.2 Å². The molecule has 0 radical (unpaired) electrons. The van der Waals surface area contributed by atoms with E-state index in [0.717, 1.165) is 32.0 Å². The Morgan fingerprint density at radius 1 is 1.00 bits per heavy atom. The van der Waals surface area contributed by atoms with Crippen LogP contribution in [-0.2, 0) is 0 Å². The molecule has 0 atom stereocenters. The summed E-state index contributed by atoms with van der Waals surface area (Å²) in [4.78, 5) is 12.2. The fourth-order valence-corrected chi connectivity index (χ4v) is 3.59. The molecule has 4 nitrogen and oxygen atoms in total. The van der Waals surface area contributed by atoms with E-state index in [1.54, 1.807) is 0 Å². The molecule has 0 amide bonds. The van der Waals surface area contributed by atoms with Crippen molar-refractivity contribution in [2.24, 2.45) is 0 Å². The SMILES string of the molecule is c1nc(C2CC2)nc(C2CCCC2)c1N1CCNCC1. The molecule has 108 valence electrons. The van der Waals surface area contributed by atoms with Gasteiger partial charge in [0.2, 0.25) is 0 Å². The van der Waals surface area contributed by atoms with Gasteiger partial charge in [0.1, 0.15) is 5.82 Å². The van der Waals surface area contributed by atoms with E-state index in [2.05, 4.69) is 21.4 Å². The molecule has 1 aromatic rings. The van der Waals surface area contributed by atoms with Crippen molar-refractivity contribution >= 4 is 5.69 Å². The highest BCUT2D eigenvalue weighted by Crippen LogP contribution is 2.42. The number of anilines is 1. The van der Waals surface area contributed by atoms with Crippen LogP contribution in [0.2, 0.25) is 0 Å². The van der Waals surface area contributed by atoms with Gasteiger partial charge >= 0.3 is 0 Å². The lowest BCUT2D eigenvalue weighted by Gasteiger charge is -2.31. The highest BCUT2D eigenvalue weighted by molar-refractivity contribution is 5.51. The molecule has 3 fully saturated rings. The van der Waals surface area contributed by atoms with Gasteiger partial charge in [0, 0.05) is 38.0 Å². The Kier molecular flexibility index (Phi) is 3.34. The zero-order chi connectivity index (χ0) is 13.4. The Bertz CT molecular complexity index is 471. The van der Waals surface area contributed by atoms with Crippen molar-refractivity contribution in [2.75, 3.05) is 31.1 Å². The van der Waals surface area contributed by atoms with Gasteiger partial charge in [-0.3, -0.25) is 0 Å². The lowest BCUT2D eigenvalue weighted by molar-refractivity contribution is 0.579. The van der Waals surface area contributed by atoms with Gasteiger partial charge in [-0.15, -0.1) is 0 Å². The monoisotopic (exact) mass is 272 g/mol. The van der Waals surface area contributed by atoms with Crippen LogP contribution in [0.5, 0.6) is 0 Å². The van der Waals surface area contributed by atoms with E-state index in [1.807, 2.05) is 0 Å². The molecule has 3 aliphatic rings. The molecule has 0 bridgehead atoms. The van der Waals surface area contributed by atoms with Crippen LogP contribution in [0.25, 0.3) is 0 Å². The van der Waals surface area contributed by atoms with Crippen molar-refractivity contribution in [1.29, 1.82) is 0 Å². The normalized spacial score (nSPS) is 24.3. The molecule has 20 heavy (non-hydrogen) atoms. The quantitative estimate of drug-likeness (QED) is 0.917. The molecule has 1 aromatic heterocycles. The van der Waals surface area contributed by atoms with Crippen molar-refractivity contribution < 1.29 is 0 Å². The van der Waals surface area contributed by atoms with Crippen molar-refractivity contribution in [3.63, 3.8) is 0 Å². The van der Waals surface area contributed by atoms with Crippen LogP contribution in [0.4, 0.5) is 5.69 Å². The van der Waals surface area contributed by atoms with E-state index in [4.69, 9.17) is 4.98 Å². The summed E-state index contributed by atoms with van der Waals surface area (Å²) in [6, 6.07) is 0. The Balaban J connectivity index is 1.67. The van der Waals surface area contributed by atoms with Crippen LogP contribution in [0.3, 0.4) is 0 Å². The van der Waals surface area contributed by atoms with Crippen LogP contribution in [-0.4, -0.2) is 36.1 Å². The fraction of sp³-hybridized carbons (Fsp3) is 0.750. The third kappa shape index (κ3) is 2.41. The van der Waals surface area contributed by atoms with Gasteiger partial charge in [-0.05, 0) is 25.7 Å². The molecular weight excluding hydrogens is 248 g/mol. The topological polar surface area (TPSA) is 41.1 Å². The van der Waals surface area contributed by atoms with Crippen molar-refractivity contribution in [3.8, 4) is 0 Å². The largest absolute Gasteiger partial charge is 0.366 e. The van der Waals surface area contributed by atoms with Crippen molar-refractivity contribution in [3.05, 3.63) is 17.7 Å². The van der Waals surface area contributed by atoms with Gasteiger partial charge < -0.3 is 10.2 Å². The summed E-state index contributed by atoms with van der Waals surface area (Å²) in [5.74, 6) is 2.46. The minimum atomic E-state index is 0.659. The third-order valence-corrected chi connectivity index (χ3v) is 4.96. The molecule has 2 aliphatic carbocycles. The maximum atomic E-state index is 5.02. The average Bonchev–Trinajstić information content (AvgIpc) is 3.22. The minimum absolute atomic E-state index is 0.659. The van der Waals surface area contributed by atoms with E-state index < -0.39 is 0 Å². The second-order valence-electron chi connectivity index (χ2n) is 6.49. The number of hydrogen-bond donors (Lipinski definition) is 1. The van der Waals surface area contributed by atoms with Crippen molar-refractivity contribution in [1.82, 2.24) is 15.3 Å². The van der Waals surface area contributed by atoms with Crippen LogP contribution in [0.15, 0.2) is 6.20 Å². The molecule has 2 heterocycles. The zero-order valence-electron chi connectivity index (χ0n) is 12.1. The zero-order valence-corrected chi connectivity index (χ0v) is 12.1. The second-order valence-corrected chi connectivity index (χ2v) is 6.49.